The van der Waals surface area contributed by atoms with Gasteiger partial charge in [0, 0.05) is 0 Å². The maximum Gasteiger partial charge on any atom is 0.410 e. The summed E-state index contributed by atoms with van der Waals surface area (Å²) in [7, 11) is 0. The van der Waals surface area contributed by atoms with E-state index in [2.05, 4.69) is 4.98 Å². The Morgan fingerprint density at radius 2 is 2.00 bits per heavy atom. The number of thiazole rings is 1. The molecule has 2 rings (SSSR count). The molecule has 1 aromatic rings. The van der Waals surface area contributed by atoms with Crippen LogP contribution in [0.1, 0.15) is 36.3 Å². The van der Waals surface area contributed by atoms with Crippen molar-refractivity contribution >= 4 is 46.6 Å². The van der Waals surface area contributed by atoms with Gasteiger partial charge in [-0.2, -0.15) is 0 Å². The summed E-state index contributed by atoms with van der Waals surface area (Å²) in [6, 6.07) is 0. The molecule has 0 bridgehead atoms. The first-order chi connectivity index (χ1) is 9.52. The van der Waals surface area contributed by atoms with E-state index in [9.17, 15) is 9.59 Å². The summed E-state index contributed by atoms with van der Waals surface area (Å²) >= 11 is 13.2. The maximum absolute atomic E-state index is 11.8. The Balaban J connectivity index is 2.06. The Kier molecular flexibility index (Phi) is 4.12. The maximum atomic E-state index is 11.8. The molecule has 116 valence electrons. The third-order valence-electron chi connectivity index (χ3n) is 2.71. The SMILES string of the molecule is CC(C)(C)OC(=O)N1CC(Cl)(c2nc(C(=O)O)c(Cl)s2)C1. The van der Waals surface area contributed by atoms with Crippen molar-refractivity contribution < 1.29 is 19.4 Å². The van der Waals surface area contributed by atoms with E-state index in [1.165, 1.54) is 4.90 Å². The van der Waals surface area contributed by atoms with Gasteiger partial charge < -0.3 is 14.7 Å². The minimum absolute atomic E-state index is 0.0771. The number of likely N-dealkylation sites (tertiary alicyclic amines) is 1. The Hall–Kier alpha value is -1.05. The lowest BCUT2D eigenvalue weighted by molar-refractivity contribution is 0.00310. The van der Waals surface area contributed by atoms with Crippen molar-refractivity contribution in [3.05, 3.63) is 15.0 Å². The van der Waals surface area contributed by atoms with Gasteiger partial charge in [0.1, 0.15) is 19.8 Å². The van der Waals surface area contributed by atoms with E-state index in [1.54, 1.807) is 20.8 Å². The van der Waals surface area contributed by atoms with Gasteiger partial charge in [0.25, 0.3) is 0 Å². The first kappa shape index (κ1) is 16.3. The van der Waals surface area contributed by atoms with Gasteiger partial charge in [-0.3, -0.25) is 0 Å². The molecule has 0 unspecified atom stereocenters. The topological polar surface area (TPSA) is 79.7 Å². The second-order valence-electron chi connectivity index (χ2n) is 5.75. The molecular formula is C12H14Cl2N2O4S. The van der Waals surface area contributed by atoms with E-state index in [1.807, 2.05) is 0 Å². The molecule has 1 aliphatic heterocycles. The number of carboxylic acids is 1. The van der Waals surface area contributed by atoms with Crippen molar-refractivity contribution in [3.63, 3.8) is 0 Å². The van der Waals surface area contributed by atoms with Crippen LogP contribution >= 0.6 is 34.5 Å². The predicted octanol–water partition coefficient (Wildman–Crippen LogP) is 3.18. The highest BCUT2D eigenvalue weighted by molar-refractivity contribution is 7.16. The number of carboxylic acid groups (broad SMARTS) is 1. The second-order valence-corrected chi connectivity index (χ2v) is 8.07. The van der Waals surface area contributed by atoms with Crippen molar-refractivity contribution in [1.82, 2.24) is 9.88 Å². The van der Waals surface area contributed by atoms with Crippen LogP contribution in [-0.4, -0.2) is 45.7 Å². The van der Waals surface area contributed by atoms with Crippen LogP contribution in [0.5, 0.6) is 0 Å². The van der Waals surface area contributed by atoms with Crippen LogP contribution in [0.25, 0.3) is 0 Å². The molecule has 0 saturated carbocycles. The minimum atomic E-state index is -1.20. The van der Waals surface area contributed by atoms with Gasteiger partial charge in [-0.1, -0.05) is 11.6 Å². The molecule has 0 aromatic carbocycles. The molecule has 0 spiro atoms. The van der Waals surface area contributed by atoms with Gasteiger partial charge in [-0.15, -0.1) is 22.9 Å². The highest BCUT2D eigenvalue weighted by Crippen LogP contribution is 2.43. The van der Waals surface area contributed by atoms with Gasteiger partial charge in [0.05, 0.1) is 13.1 Å². The first-order valence-corrected chi connectivity index (χ1v) is 7.66. The van der Waals surface area contributed by atoms with Crippen LogP contribution in [0.15, 0.2) is 0 Å². The quantitative estimate of drug-likeness (QED) is 0.826. The fourth-order valence-electron chi connectivity index (χ4n) is 1.77. The molecule has 1 saturated heterocycles. The van der Waals surface area contributed by atoms with Gasteiger partial charge in [-0.05, 0) is 20.8 Å². The Bertz CT molecular complexity index is 591. The number of ether oxygens (including phenoxy) is 1. The third-order valence-corrected chi connectivity index (χ3v) is 4.69. The molecule has 6 nitrogen and oxygen atoms in total. The summed E-state index contributed by atoms with van der Waals surface area (Å²) in [6.45, 7) is 5.73. The number of alkyl halides is 1. The van der Waals surface area contributed by atoms with Crippen LogP contribution in [0.4, 0.5) is 4.79 Å². The van der Waals surface area contributed by atoms with Crippen LogP contribution in [0.3, 0.4) is 0 Å². The van der Waals surface area contributed by atoms with Gasteiger partial charge in [-0.25, -0.2) is 14.6 Å². The fraction of sp³-hybridized carbons (Fsp3) is 0.583. The molecule has 21 heavy (non-hydrogen) atoms. The zero-order valence-electron chi connectivity index (χ0n) is 11.6. The summed E-state index contributed by atoms with van der Waals surface area (Å²) in [5.74, 6) is -1.20. The minimum Gasteiger partial charge on any atom is -0.476 e. The normalized spacial score (nSPS) is 17.3. The monoisotopic (exact) mass is 352 g/mol. The number of amides is 1. The van der Waals surface area contributed by atoms with Gasteiger partial charge >= 0.3 is 12.1 Å². The molecule has 1 amide bonds. The molecule has 1 aliphatic rings. The zero-order chi connectivity index (χ0) is 16.0. The highest BCUT2D eigenvalue weighted by Gasteiger charge is 2.49. The van der Waals surface area contributed by atoms with E-state index in [-0.39, 0.29) is 23.1 Å². The van der Waals surface area contributed by atoms with Gasteiger partial charge in [0.15, 0.2) is 5.69 Å². The number of hydrogen-bond donors (Lipinski definition) is 1. The van der Waals surface area contributed by atoms with Crippen LogP contribution in [-0.2, 0) is 9.61 Å². The smallest absolute Gasteiger partial charge is 0.410 e. The third kappa shape index (κ3) is 3.41. The summed E-state index contributed by atoms with van der Waals surface area (Å²) in [5.41, 5.74) is -0.796. The lowest BCUT2D eigenvalue weighted by atomic mass is 10.0. The molecule has 9 heteroatoms. The summed E-state index contributed by atoms with van der Waals surface area (Å²) in [5, 5.41) is 9.33. The number of hydrogen-bond acceptors (Lipinski definition) is 5. The van der Waals surface area contributed by atoms with Crippen molar-refractivity contribution in [3.8, 4) is 0 Å². The van der Waals surface area contributed by atoms with E-state index in [0.29, 0.717) is 5.01 Å². The number of rotatable bonds is 2. The largest absolute Gasteiger partial charge is 0.476 e. The van der Waals surface area contributed by atoms with Crippen LogP contribution in [0.2, 0.25) is 4.34 Å². The highest BCUT2D eigenvalue weighted by atomic mass is 35.5. The molecule has 2 heterocycles. The van der Waals surface area contributed by atoms with Crippen molar-refractivity contribution in [2.45, 2.75) is 31.2 Å². The number of aromatic nitrogens is 1. The van der Waals surface area contributed by atoms with E-state index < -0.39 is 22.5 Å². The van der Waals surface area contributed by atoms with E-state index >= 15 is 0 Å². The standard InChI is InChI=1S/C12H14Cl2N2O4S/c1-11(2,3)20-10(19)16-4-12(14,5-16)9-15-6(8(17)18)7(13)21-9/h4-5H2,1-3H3,(H,17,18). The first-order valence-electron chi connectivity index (χ1n) is 6.09. The van der Waals surface area contributed by atoms with Crippen molar-refractivity contribution in [2.75, 3.05) is 13.1 Å². The summed E-state index contributed by atoms with van der Waals surface area (Å²) in [6.07, 6.45) is -0.458. The summed E-state index contributed by atoms with van der Waals surface area (Å²) < 4.78 is 5.31. The molecule has 0 atom stereocenters. The number of carbonyl (C=O) groups is 2. The lowest BCUT2D eigenvalue weighted by Crippen LogP contribution is -2.59. The molecule has 1 fully saturated rings. The predicted molar refractivity (Wildman–Crippen MR) is 79.4 cm³/mol. The Labute approximate surface area is 135 Å². The molecule has 0 aliphatic carbocycles. The van der Waals surface area contributed by atoms with Crippen molar-refractivity contribution in [1.29, 1.82) is 0 Å². The van der Waals surface area contributed by atoms with E-state index in [0.717, 1.165) is 11.3 Å². The molecule has 0 radical (unpaired) electrons. The lowest BCUT2D eigenvalue weighted by Gasteiger charge is -2.44. The molecule has 1 aromatic heterocycles. The molecular weight excluding hydrogens is 339 g/mol. The van der Waals surface area contributed by atoms with E-state index in [4.69, 9.17) is 33.0 Å². The number of aromatic carboxylic acids is 1. The number of nitrogens with zero attached hydrogens (tertiary/aromatic N) is 2. The zero-order valence-corrected chi connectivity index (χ0v) is 14.0. The Morgan fingerprint density at radius 1 is 1.43 bits per heavy atom. The number of halogens is 2. The fourth-order valence-corrected chi connectivity index (χ4v) is 3.41. The van der Waals surface area contributed by atoms with Crippen LogP contribution < -0.4 is 0 Å². The second kappa shape index (κ2) is 5.30. The van der Waals surface area contributed by atoms with Crippen molar-refractivity contribution in [2.24, 2.45) is 0 Å². The average molecular weight is 353 g/mol. The molecule has 1 N–H and O–H groups in total. The van der Waals surface area contributed by atoms with Gasteiger partial charge in [0.2, 0.25) is 0 Å². The van der Waals surface area contributed by atoms with Crippen LogP contribution in [0, 0.1) is 0 Å². The summed E-state index contributed by atoms with van der Waals surface area (Å²) in [4.78, 5) is 27.3. The number of carbonyl (C=O) groups excluding carboxylic acids is 1. The average Bonchev–Trinajstić information content (AvgIpc) is 2.65. The Morgan fingerprint density at radius 3 is 2.43 bits per heavy atom.